The van der Waals surface area contributed by atoms with Gasteiger partial charge < -0.3 is 5.32 Å². The van der Waals surface area contributed by atoms with Gasteiger partial charge in [0.1, 0.15) is 18.4 Å². The number of carbonyl (C=O) groups excluding carboxylic acids is 1. The summed E-state index contributed by atoms with van der Waals surface area (Å²) in [5, 5.41) is 11.1. The van der Waals surface area contributed by atoms with Gasteiger partial charge in [0.25, 0.3) is 5.56 Å². The normalized spacial score (nSPS) is 20.2. The largest absolute Gasteiger partial charge is 0.352 e. The number of nitrogens with zero attached hydrogens (tertiary/aromatic N) is 4. The number of rotatable bonds is 3. The molecule has 0 radical (unpaired) electrons. The Hall–Kier alpha value is -2.18. The van der Waals surface area contributed by atoms with E-state index in [4.69, 9.17) is 0 Å². The van der Waals surface area contributed by atoms with Crippen molar-refractivity contribution in [2.75, 3.05) is 0 Å². The fourth-order valence-corrected chi connectivity index (χ4v) is 4.34. The van der Waals surface area contributed by atoms with E-state index in [-0.39, 0.29) is 34.9 Å². The van der Waals surface area contributed by atoms with Crippen LogP contribution in [0.5, 0.6) is 0 Å². The molecule has 0 aromatic carbocycles. The fraction of sp³-hybridized carbons (Fsp3) is 0.647. The lowest BCUT2D eigenvalue weighted by molar-refractivity contribution is -0.123. The Balaban J connectivity index is 1.71. The highest BCUT2D eigenvalue weighted by Crippen LogP contribution is 2.45. The molecule has 7 nitrogen and oxygen atoms in total. The van der Waals surface area contributed by atoms with Crippen molar-refractivity contribution in [2.45, 2.75) is 59.5 Å². The first-order valence-corrected chi connectivity index (χ1v) is 8.34. The maximum atomic E-state index is 12.4. The molecule has 0 saturated heterocycles. The number of hydrogen-bond acceptors (Lipinski definition) is 4. The molecule has 0 aliphatic heterocycles. The van der Waals surface area contributed by atoms with Crippen LogP contribution in [0.15, 0.2) is 23.4 Å². The van der Waals surface area contributed by atoms with Gasteiger partial charge >= 0.3 is 0 Å². The molecule has 1 saturated carbocycles. The summed E-state index contributed by atoms with van der Waals surface area (Å²) in [6, 6.07) is 1.75. The Kier molecular flexibility index (Phi) is 3.97. The van der Waals surface area contributed by atoms with Crippen molar-refractivity contribution in [3.63, 3.8) is 0 Å². The van der Waals surface area contributed by atoms with Crippen LogP contribution in [0.3, 0.4) is 0 Å². The minimum absolute atomic E-state index is 0.0716. The minimum atomic E-state index is -0.311. The maximum absolute atomic E-state index is 12.4. The minimum Gasteiger partial charge on any atom is -0.352 e. The molecule has 3 rings (SSSR count). The topological polar surface area (TPSA) is 81.3 Å². The molecule has 2 heterocycles. The quantitative estimate of drug-likeness (QED) is 0.926. The molecule has 1 aliphatic carbocycles. The highest BCUT2D eigenvalue weighted by molar-refractivity contribution is 5.76. The Labute approximate surface area is 141 Å². The molecule has 0 bridgehead atoms. The van der Waals surface area contributed by atoms with E-state index < -0.39 is 0 Å². The average Bonchev–Trinajstić information content (AvgIpc) is 2.87. The predicted octanol–water partition coefficient (Wildman–Crippen LogP) is 1.61. The molecular formula is C17H25N5O2. The summed E-state index contributed by atoms with van der Waals surface area (Å²) < 4.78 is 2.59. The van der Waals surface area contributed by atoms with Crippen LogP contribution in [0.2, 0.25) is 0 Å². The van der Waals surface area contributed by atoms with E-state index in [1.54, 1.807) is 6.07 Å². The van der Waals surface area contributed by atoms with E-state index >= 15 is 0 Å². The van der Waals surface area contributed by atoms with E-state index in [1.165, 1.54) is 21.7 Å². The van der Waals surface area contributed by atoms with Gasteiger partial charge in [-0.05, 0) is 36.2 Å². The van der Waals surface area contributed by atoms with Crippen LogP contribution in [0.1, 0.15) is 47.0 Å². The van der Waals surface area contributed by atoms with Gasteiger partial charge in [-0.3, -0.25) is 9.59 Å². The predicted molar refractivity (Wildman–Crippen MR) is 90.6 cm³/mol. The second-order valence-corrected chi connectivity index (χ2v) is 8.43. The summed E-state index contributed by atoms with van der Waals surface area (Å²) in [6.45, 7) is 8.90. The van der Waals surface area contributed by atoms with Crippen molar-refractivity contribution in [2.24, 2.45) is 10.8 Å². The summed E-state index contributed by atoms with van der Waals surface area (Å²) in [7, 11) is 0. The third-order valence-electron chi connectivity index (χ3n) is 4.64. The van der Waals surface area contributed by atoms with E-state index in [0.29, 0.717) is 5.52 Å². The van der Waals surface area contributed by atoms with Gasteiger partial charge in [0.05, 0.1) is 6.20 Å². The summed E-state index contributed by atoms with van der Waals surface area (Å²) in [5.41, 5.74) is 0.503. The molecule has 1 N–H and O–H groups in total. The second-order valence-electron chi connectivity index (χ2n) is 8.43. The molecule has 2 aromatic rings. The van der Waals surface area contributed by atoms with Crippen molar-refractivity contribution in [1.29, 1.82) is 0 Å². The molecule has 1 aliphatic rings. The van der Waals surface area contributed by atoms with Crippen molar-refractivity contribution in [1.82, 2.24) is 24.7 Å². The van der Waals surface area contributed by atoms with E-state index in [2.05, 4.69) is 43.2 Å². The zero-order valence-corrected chi connectivity index (χ0v) is 14.7. The number of fused-ring (bicyclic) bond motifs is 1. The third-order valence-corrected chi connectivity index (χ3v) is 4.64. The monoisotopic (exact) mass is 331 g/mol. The van der Waals surface area contributed by atoms with Crippen molar-refractivity contribution >= 4 is 11.4 Å². The number of aromatic nitrogens is 4. The first-order valence-electron chi connectivity index (χ1n) is 8.34. The van der Waals surface area contributed by atoms with Crippen LogP contribution in [-0.2, 0) is 11.3 Å². The third kappa shape index (κ3) is 3.49. The molecule has 0 spiro atoms. The standard InChI is InChI=1S/C17H25N5O2/c1-16(2)7-12(8-17(3,4)10-16)20-14(23)9-21-15(24)13-5-6-18-22(13)11-19-21/h5-6,11-12H,7-10H2,1-4H3,(H,20,23). The number of nitrogens with one attached hydrogen (secondary N) is 1. The molecule has 0 atom stereocenters. The smallest absolute Gasteiger partial charge is 0.293 e. The molecule has 1 amide bonds. The van der Waals surface area contributed by atoms with Crippen molar-refractivity contribution < 1.29 is 4.79 Å². The zero-order chi connectivity index (χ0) is 17.5. The average molecular weight is 331 g/mol. The van der Waals surface area contributed by atoms with E-state index in [1.807, 2.05) is 0 Å². The highest BCUT2D eigenvalue weighted by Gasteiger charge is 2.38. The molecular weight excluding hydrogens is 306 g/mol. The SMILES string of the molecule is CC1(C)CC(NC(=O)Cn2ncn3nccc3c2=O)CC(C)(C)C1. The maximum Gasteiger partial charge on any atom is 0.293 e. The van der Waals surface area contributed by atoms with E-state index in [0.717, 1.165) is 19.3 Å². The van der Waals surface area contributed by atoms with Gasteiger partial charge in [0, 0.05) is 6.04 Å². The second kappa shape index (κ2) is 5.72. The molecule has 7 heteroatoms. The summed E-state index contributed by atoms with van der Waals surface area (Å²) in [5.74, 6) is -0.174. The van der Waals surface area contributed by atoms with Crippen LogP contribution in [0.4, 0.5) is 0 Å². The lowest BCUT2D eigenvalue weighted by atomic mass is 9.63. The van der Waals surface area contributed by atoms with Crippen molar-refractivity contribution in [3.8, 4) is 0 Å². The molecule has 24 heavy (non-hydrogen) atoms. The van der Waals surface area contributed by atoms with Crippen LogP contribution in [-0.4, -0.2) is 31.3 Å². The van der Waals surface area contributed by atoms with Crippen LogP contribution >= 0.6 is 0 Å². The van der Waals surface area contributed by atoms with Crippen LogP contribution in [0.25, 0.3) is 5.52 Å². The highest BCUT2D eigenvalue weighted by atomic mass is 16.2. The molecule has 130 valence electrons. The zero-order valence-electron chi connectivity index (χ0n) is 14.7. The Morgan fingerprint density at radius 1 is 1.25 bits per heavy atom. The van der Waals surface area contributed by atoms with Gasteiger partial charge in [-0.2, -0.15) is 10.2 Å². The van der Waals surface area contributed by atoms with Gasteiger partial charge in [-0.15, -0.1) is 0 Å². The van der Waals surface area contributed by atoms with Gasteiger partial charge in [-0.1, -0.05) is 27.7 Å². The lowest BCUT2D eigenvalue weighted by Gasteiger charge is -2.45. The Morgan fingerprint density at radius 3 is 2.58 bits per heavy atom. The van der Waals surface area contributed by atoms with Crippen LogP contribution in [0, 0.1) is 10.8 Å². The molecule has 2 aromatic heterocycles. The van der Waals surface area contributed by atoms with Gasteiger partial charge in [0.2, 0.25) is 5.91 Å². The number of hydrogen-bond donors (Lipinski definition) is 1. The first-order chi connectivity index (χ1) is 11.2. The Morgan fingerprint density at radius 2 is 1.92 bits per heavy atom. The van der Waals surface area contributed by atoms with Gasteiger partial charge in [-0.25, -0.2) is 9.20 Å². The fourth-order valence-electron chi connectivity index (χ4n) is 4.34. The van der Waals surface area contributed by atoms with Crippen LogP contribution < -0.4 is 10.9 Å². The number of carbonyl (C=O) groups is 1. The van der Waals surface area contributed by atoms with Gasteiger partial charge in [0.15, 0.2) is 0 Å². The molecule has 1 fully saturated rings. The molecule has 0 unspecified atom stereocenters. The first kappa shape index (κ1) is 16.7. The lowest BCUT2D eigenvalue weighted by Crippen LogP contribution is -2.47. The summed E-state index contributed by atoms with van der Waals surface area (Å²) >= 11 is 0. The Bertz CT molecular complexity index is 802. The van der Waals surface area contributed by atoms with Crippen molar-refractivity contribution in [3.05, 3.63) is 28.9 Å². The van der Waals surface area contributed by atoms with E-state index in [9.17, 15) is 9.59 Å². The number of amides is 1. The summed E-state index contributed by atoms with van der Waals surface area (Å²) in [6.07, 6.45) is 6.02. The summed E-state index contributed by atoms with van der Waals surface area (Å²) in [4.78, 5) is 24.7.